The van der Waals surface area contributed by atoms with E-state index in [9.17, 15) is 13.6 Å². The molecule has 188 valence electrons. The number of piperidine rings is 1. The number of thiazole rings is 1. The molecule has 3 aromatic heterocycles. The predicted molar refractivity (Wildman–Crippen MR) is 137 cm³/mol. The number of amides is 1. The van der Waals surface area contributed by atoms with E-state index in [1.54, 1.807) is 4.90 Å². The van der Waals surface area contributed by atoms with E-state index in [-0.39, 0.29) is 5.91 Å². The Hall–Kier alpha value is -3.92. The highest BCUT2D eigenvalue weighted by atomic mass is 32.1. The molecule has 10 heteroatoms. The number of imidazole rings is 1. The van der Waals surface area contributed by atoms with Gasteiger partial charge in [0.25, 0.3) is 0 Å². The first-order chi connectivity index (χ1) is 17.8. The first kappa shape index (κ1) is 23.5. The molecule has 0 bridgehead atoms. The number of hydrogen-bond donors (Lipinski definition) is 0. The number of halogens is 2. The number of anilines is 1. The predicted octanol–water partition coefficient (Wildman–Crippen LogP) is 6.60. The molecule has 37 heavy (non-hydrogen) atoms. The summed E-state index contributed by atoms with van der Waals surface area (Å²) in [7, 11) is 0. The summed E-state index contributed by atoms with van der Waals surface area (Å²) in [6.07, 6.45) is 1.60. The second-order valence-corrected chi connectivity index (χ2v) is 10.1. The van der Waals surface area contributed by atoms with Gasteiger partial charge in [-0.05, 0) is 63.4 Å². The van der Waals surface area contributed by atoms with Crippen LogP contribution in [0.5, 0.6) is 0 Å². The van der Waals surface area contributed by atoms with Gasteiger partial charge >= 0.3 is 0 Å². The maximum absolute atomic E-state index is 14.2. The number of aromatic nitrogens is 4. The zero-order valence-electron chi connectivity index (χ0n) is 20.5. The van der Waals surface area contributed by atoms with Gasteiger partial charge in [0, 0.05) is 29.1 Å². The standard InChI is InChI=1S/C27H23F2N5O2S/c1-14-13-37-27(30-14)34-22-10-7-17(25-15(2)32-36-16(25)3)11-21(22)31-26(34)23-5-4-6-24(35)33(23)18-8-9-19(28)20(29)12-18/h7-13,23H,4-6H2,1-3H3/t23-/m0/s1. The fraction of sp³-hybridized carbons (Fsp3) is 0.259. The summed E-state index contributed by atoms with van der Waals surface area (Å²) in [5.41, 5.74) is 5.37. The summed E-state index contributed by atoms with van der Waals surface area (Å²) >= 11 is 1.48. The molecule has 4 heterocycles. The third-order valence-electron chi connectivity index (χ3n) is 6.73. The molecule has 1 aliphatic rings. The van der Waals surface area contributed by atoms with E-state index in [2.05, 4.69) is 5.16 Å². The number of benzene rings is 2. The second-order valence-electron chi connectivity index (χ2n) is 9.25. The summed E-state index contributed by atoms with van der Waals surface area (Å²) in [5.74, 6) is -0.773. The lowest BCUT2D eigenvalue weighted by molar-refractivity contribution is -0.120. The molecule has 5 aromatic rings. The van der Waals surface area contributed by atoms with Gasteiger partial charge in [0.1, 0.15) is 11.6 Å². The zero-order valence-corrected chi connectivity index (χ0v) is 21.3. The van der Waals surface area contributed by atoms with Crippen LogP contribution in [0.2, 0.25) is 0 Å². The minimum atomic E-state index is -0.997. The third kappa shape index (κ3) is 3.92. The van der Waals surface area contributed by atoms with Crippen LogP contribution in [0.4, 0.5) is 14.5 Å². The summed E-state index contributed by atoms with van der Waals surface area (Å²) in [6.45, 7) is 5.69. The largest absolute Gasteiger partial charge is 0.361 e. The van der Waals surface area contributed by atoms with Crippen molar-refractivity contribution >= 4 is 34.0 Å². The first-order valence-corrected chi connectivity index (χ1v) is 12.8. The molecule has 0 unspecified atom stereocenters. The van der Waals surface area contributed by atoms with Crippen LogP contribution in [0.15, 0.2) is 46.3 Å². The van der Waals surface area contributed by atoms with E-state index >= 15 is 0 Å². The molecule has 0 saturated carbocycles. The normalized spacial score (nSPS) is 16.2. The fourth-order valence-corrected chi connectivity index (χ4v) is 5.91. The highest BCUT2D eigenvalue weighted by Gasteiger charge is 2.35. The molecule has 0 N–H and O–H groups in total. The van der Waals surface area contributed by atoms with E-state index in [0.717, 1.165) is 56.6 Å². The van der Waals surface area contributed by atoms with Crippen molar-refractivity contribution in [3.05, 3.63) is 76.4 Å². The Morgan fingerprint density at radius 1 is 1.05 bits per heavy atom. The Balaban J connectivity index is 1.56. The molecule has 0 radical (unpaired) electrons. The lowest BCUT2D eigenvalue weighted by Crippen LogP contribution is -2.39. The van der Waals surface area contributed by atoms with Gasteiger partial charge in [0.15, 0.2) is 16.8 Å². The van der Waals surface area contributed by atoms with Gasteiger partial charge in [0.05, 0.1) is 28.5 Å². The van der Waals surface area contributed by atoms with Crippen LogP contribution in [-0.2, 0) is 4.79 Å². The average molecular weight is 520 g/mol. The molecule has 1 saturated heterocycles. The molecule has 1 amide bonds. The van der Waals surface area contributed by atoms with Gasteiger partial charge in [-0.1, -0.05) is 11.2 Å². The Bertz CT molecular complexity index is 1650. The van der Waals surface area contributed by atoms with Crippen molar-refractivity contribution in [2.24, 2.45) is 0 Å². The van der Waals surface area contributed by atoms with E-state index in [1.807, 2.05) is 48.9 Å². The summed E-state index contributed by atoms with van der Waals surface area (Å²) in [6, 6.07) is 9.03. The Kier molecular flexibility index (Phi) is 5.63. The quantitative estimate of drug-likeness (QED) is 0.267. The monoisotopic (exact) mass is 519 g/mol. The van der Waals surface area contributed by atoms with Crippen LogP contribution in [-0.4, -0.2) is 25.6 Å². The van der Waals surface area contributed by atoms with E-state index in [1.165, 1.54) is 17.4 Å². The molecule has 6 rings (SSSR count). The molecular weight excluding hydrogens is 496 g/mol. The van der Waals surface area contributed by atoms with Crippen LogP contribution in [0.25, 0.3) is 27.3 Å². The molecule has 0 spiro atoms. The second kappa shape index (κ2) is 8.88. The molecule has 1 fully saturated rings. The van der Waals surface area contributed by atoms with Crippen LogP contribution >= 0.6 is 11.3 Å². The maximum Gasteiger partial charge on any atom is 0.227 e. The third-order valence-corrected chi connectivity index (χ3v) is 7.67. The zero-order chi connectivity index (χ0) is 25.8. The Morgan fingerprint density at radius 2 is 1.89 bits per heavy atom. The van der Waals surface area contributed by atoms with Gasteiger partial charge in [-0.3, -0.25) is 9.36 Å². The highest BCUT2D eigenvalue weighted by molar-refractivity contribution is 7.12. The van der Waals surface area contributed by atoms with E-state index < -0.39 is 17.7 Å². The minimum Gasteiger partial charge on any atom is -0.361 e. The highest BCUT2D eigenvalue weighted by Crippen LogP contribution is 2.39. The number of rotatable bonds is 4. The van der Waals surface area contributed by atoms with Crippen molar-refractivity contribution in [2.75, 3.05) is 4.90 Å². The molecule has 0 aliphatic carbocycles. The molecule has 7 nitrogen and oxygen atoms in total. The van der Waals surface area contributed by atoms with Crippen LogP contribution in [0.1, 0.15) is 48.3 Å². The van der Waals surface area contributed by atoms with Gasteiger partial charge in [-0.15, -0.1) is 11.3 Å². The van der Waals surface area contributed by atoms with Crippen LogP contribution < -0.4 is 4.90 Å². The van der Waals surface area contributed by atoms with Gasteiger partial charge < -0.3 is 9.42 Å². The van der Waals surface area contributed by atoms with Crippen molar-refractivity contribution in [1.82, 2.24) is 19.7 Å². The number of fused-ring (bicyclic) bond motifs is 1. The fourth-order valence-electron chi connectivity index (χ4n) is 5.09. The summed E-state index contributed by atoms with van der Waals surface area (Å²) in [4.78, 5) is 24.4. The van der Waals surface area contributed by atoms with Gasteiger partial charge in [-0.2, -0.15) is 0 Å². The number of carbonyl (C=O) groups excluding carboxylic acids is 1. The Morgan fingerprint density at radius 3 is 2.59 bits per heavy atom. The Labute approximate surface area is 215 Å². The SMILES string of the molecule is Cc1csc(-n2c([C@@H]3CCCC(=O)N3c3ccc(F)c(F)c3)nc3cc(-c4c(C)noc4C)ccc32)n1. The molecule has 2 aromatic carbocycles. The lowest BCUT2D eigenvalue weighted by atomic mass is 9.99. The number of carbonyl (C=O) groups is 1. The first-order valence-electron chi connectivity index (χ1n) is 12.0. The lowest BCUT2D eigenvalue weighted by Gasteiger charge is -2.35. The number of hydrogen-bond acceptors (Lipinski definition) is 6. The van der Waals surface area contributed by atoms with Crippen LogP contribution in [0.3, 0.4) is 0 Å². The summed E-state index contributed by atoms with van der Waals surface area (Å²) < 4.78 is 35.2. The minimum absolute atomic E-state index is 0.160. The molecule has 1 aliphatic heterocycles. The molecule has 1 atom stereocenters. The van der Waals surface area contributed by atoms with Crippen molar-refractivity contribution in [1.29, 1.82) is 0 Å². The average Bonchev–Trinajstić information content (AvgIpc) is 3.56. The van der Waals surface area contributed by atoms with Crippen molar-refractivity contribution in [3.63, 3.8) is 0 Å². The summed E-state index contributed by atoms with van der Waals surface area (Å²) in [5, 5.41) is 6.76. The van der Waals surface area contributed by atoms with Gasteiger partial charge in [-0.25, -0.2) is 18.7 Å². The number of nitrogens with zero attached hydrogens (tertiary/aromatic N) is 5. The van der Waals surface area contributed by atoms with Crippen molar-refractivity contribution in [3.8, 4) is 16.3 Å². The van der Waals surface area contributed by atoms with E-state index in [0.29, 0.717) is 30.8 Å². The van der Waals surface area contributed by atoms with Crippen LogP contribution in [0, 0.1) is 32.4 Å². The van der Waals surface area contributed by atoms with Crippen molar-refractivity contribution in [2.45, 2.75) is 46.1 Å². The molecular formula is C27H23F2N5O2S. The smallest absolute Gasteiger partial charge is 0.227 e. The van der Waals surface area contributed by atoms with Gasteiger partial charge in [0.2, 0.25) is 5.91 Å². The van der Waals surface area contributed by atoms with E-state index in [4.69, 9.17) is 14.5 Å². The van der Waals surface area contributed by atoms with Crippen molar-refractivity contribution < 1.29 is 18.1 Å². The topological polar surface area (TPSA) is 77.0 Å². The number of aryl methyl sites for hydroxylation is 3. The maximum atomic E-state index is 14.2.